The topological polar surface area (TPSA) is 108 Å². The normalized spacial score (nSPS) is 12.6. The van der Waals surface area contributed by atoms with E-state index in [-0.39, 0.29) is 38.2 Å². The van der Waals surface area contributed by atoms with Gasteiger partial charge in [-0.15, -0.1) is 0 Å². The fourth-order valence-corrected chi connectivity index (χ4v) is 11.1. The molecule has 0 saturated carbocycles. The molecule has 0 radical (unpaired) electrons. The Balaban J connectivity index is 3.89. The number of likely N-dealkylation sites (N-methyl/N-ethyl adjacent to an activating group) is 1. The summed E-state index contributed by atoms with van der Waals surface area (Å²) in [6.45, 7) is 4.96. The Hall–Kier alpha value is -1.71. The molecule has 0 saturated heterocycles. The van der Waals surface area contributed by atoms with Gasteiger partial charge in [0.05, 0.1) is 34.4 Å². The molecule has 2 unspecified atom stereocenters. The SMILES string of the molecule is CCCCCCCCCCCCCCCCCCCCCCCCCCCCCCCCCCCCCCCCCC(=O)OC(COC(=O)CCCCCCCCCCCCCCCCCC)COC(OCC[N+](C)(C)C)C(=O)O. The van der Waals surface area contributed by atoms with Crippen molar-refractivity contribution in [2.24, 2.45) is 0 Å². The molecule has 0 heterocycles. The van der Waals surface area contributed by atoms with E-state index in [0.717, 1.165) is 38.5 Å². The van der Waals surface area contributed by atoms with Crippen LogP contribution in [0.25, 0.3) is 0 Å². The second kappa shape index (κ2) is 63.3. The molecular formula is C71H140NO8+. The zero-order valence-corrected chi connectivity index (χ0v) is 54.5. The van der Waals surface area contributed by atoms with Gasteiger partial charge in [0.2, 0.25) is 0 Å². The maximum atomic E-state index is 12.9. The molecule has 1 N–H and O–H groups in total. The highest BCUT2D eigenvalue weighted by Crippen LogP contribution is 2.20. The van der Waals surface area contributed by atoms with Crippen LogP contribution in [0.15, 0.2) is 0 Å². The van der Waals surface area contributed by atoms with Gasteiger partial charge in [0.15, 0.2) is 6.10 Å². The number of rotatable bonds is 68. The van der Waals surface area contributed by atoms with Gasteiger partial charge in [-0.3, -0.25) is 9.59 Å². The maximum Gasteiger partial charge on any atom is 0.361 e. The van der Waals surface area contributed by atoms with Crippen molar-refractivity contribution < 1.29 is 42.9 Å². The van der Waals surface area contributed by atoms with E-state index >= 15 is 0 Å². The van der Waals surface area contributed by atoms with Crippen LogP contribution in [0.3, 0.4) is 0 Å². The van der Waals surface area contributed by atoms with Crippen LogP contribution in [0.5, 0.6) is 0 Å². The van der Waals surface area contributed by atoms with Crippen LogP contribution in [0.1, 0.15) is 380 Å². The van der Waals surface area contributed by atoms with Gasteiger partial charge in [0.1, 0.15) is 13.2 Å². The van der Waals surface area contributed by atoms with Gasteiger partial charge in [0, 0.05) is 12.8 Å². The smallest absolute Gasteiger partial charge is 0.361 e. The van der Waals surface area contributed by atoms with Crippen molar-refractivity contribution in [3.8, 4) is 0 Å². The van der Waals surface area contributed by atoms with Crippen molar-refractivity contribution in [3.63, 3.8) is 0 Å². The van der Waals surface area contributed by atoms with E-state index in [1.165, 1.54) is 315 Å². The van der Waals surface area contributed by atoms with Gasteiger partial charge in [-0.05, 0) is 12.8 Å². The van der Waals surface area contributed by atoms with E-state index in [9.17, 15) is 19.5 Å². The predicted molar refractivity (Wildman–Crippen MR) is 342 cm³/mol. The molecule has 0 aliphatic carbocycles. The van der Waals surface area contributed by atoms with Crippen LogP contribution >= 0.6 is 0 Å². The summed E-state index contributed by atoms with van der Waals surface area (Å²) in [5.74, 6) is -1.97. The second-order valence-corrected chi connectivity index (χ2v) is 25.9. The molecule has 0 fully saturated rings. The number of quaternary nitrogens is 1. The van der Waals surface area contributed by atoms with Crippen LogP contribution in [0.2, 0.25) is 0 Å². The Labute approximate surface area is 498 Å². The zero-order valence-electron chi connectivity index (χ0n) is 54.5. The second-order valence-electron chi connectivity index (χ2n) is 25.9. The number of esters is 2. The third-order valence-electron chi connectivity index (χ3n) is 16.6. The van der Waals surface area contributed by atoms with Crippen LogP contribution in [0.4, 0.5) is 0 Å². The number of hydrogen-bond donors (Lipinski definition) is 1. The molecule has 0 aliphatic heterocycles. The van der Waals surface area contributed by atoms with Crippen LogP contribution < -0.4 is 0 Å². The molecule has 9 nitrogen and oxygen atoms in total. The van der Waals surface area contributed by atoms with Crippen molar-refractivity contribution in [3.05, 3.63) is 0 Å². The maximum absolute atomic E-state index is 12.9. The van der Waals surface area contributed by atoms with E-state index in [4.69, 9.17) is 18.9 Å². The van der Waals surface area contributed by atoms with Crippen molar-refractivity contribution in [2.75, 3.05) is 47.5 Å². The first-order valence-corrected chi connectivity index (χ1v) is 35.7. The van der Waals surface area contributed by atoms with Gasteiger partial charge in [-0.1, -0.05) is 354 Å². The number of ether oxygens (including phenoxy) is 4. The van der Waals surface area contributed by atoms with E-state index in [2.05, 4.69) is 13.8 Å². The highest BCUT2D eigenvalue weighted by molar-refractivity contribution is 5.71. The van der Waals surface area contributed by atoms with Gasteiger partial charge in [-0.2, -0.15) is 0 Å². The van der Waals surface area contributed by atoms with Crippen LogP contribution in [0, 0.1) is 0 Å². The minimum Gasteiger partial charge on any atom is -0.477 e. The summed E-state index contributed by atoms with van der Waals surface area (Å²) in [7, 11) is 5.99. The zero-order chi connectivity index (χ0) is 58.3. The highest BCUT2D eigenvalue weighted by atomic mass is 16.7. The van der Waals surface area contributed by atoms with Crippen molar-refractivity contribution in [1.82, 2.24) is 0 Å². The first-order chi connectivity index (χ1) is 39.1. The van der Waals surface area contributed by atoms with Crippen molar-refractivity contribution in [2.45, 2.75) is 392 Å². The lowest BCUT2D eigenvalue weighted by molar-refractivity contribution is -0.870. The van der Waals surface area contributed by atoms with E-state index < -0.39 is 18.4 Å². The molecule has 476 valence electrons. The number of carboxylic acid groups (broad SMARTS) is 1. The third kappa shape index (κ3) is 63.9. The number of hydrogen-bond acceptors (Lipinski definition) is 7. The molecule has 80 heavy (non-hydrogen) atoms. The van der Waals surface area contributed by atoms with Gasteiger partial charge in [-0.25, -0.2) is 4.79 Å². The van der Waals surface area contributed by atoms with E-state index in [0.29, 0.717) is 17.4 Å². The number of carboxylic acids is 1. The predicted octanol–water partition coefficient (Wildman–Crippen LogP) is 21.9. The first kappa shape index (κ1) is 78.3. The molecule has 0 aliphatic rings. The van der Waals surface area contributed by atoms with Gasteiger partial charge >= 0.3 is 17.9 Å². The third-order valence-corrected chi connectivity index (χ3v) is 16.6. The fourth-order valence-electron chi connectivity index (χ4n) is 11.1. The van der Waals surface area contributed by atoms with Crippen LogP contribution in [-0.2, 0) is 33.3 Å². The number of carbonyl (C=O) groups excluding carboxylic acids is 2. The van der Waals surface area contributed by atoms with Crippen molar-refractivity contribution >= 4 is 17.9 Å². The molecular weight excluding hydrogens is 995 g/mol. The summed E-state index contributed by atoms with van der Waals surface area (Å²) < 4.78 is 23.0. The van der Waals surface area contributed by atoms with Crippen molar-refractivity contribution in [1.29, 1.82) is 0 Å². The molecule has 0 bridgehead atoms. The summed E-state index contributed by atoms with van der Waals surface area (Å²) in [6.07, 6.45) is 72.5. The highest BCUT2D eigenvalue weighted by Gasteiger charge is 2.25. The largest absolute Gasteiger partial charge is 0.477 e. The van der Waals surface area contributed by atoms with E-state index in [1.807, 2.05) is 21.1 Å². The minimum atomic E-state index is -1.50. The lowest BCUT2D eigenvalue weighted by atomic mass is 10.0. The fraction of sp³-hybridized carbons (Fsp3) is 0.958. The van der Waals surface area contributed by atoms with Gasteiger partial charge < -0.3 is 28.5 Å². The Morgan fingerprint density at radius 3 is 0.800 bits per heavy atom. The quantitative estimate of drug-likeness (QED) is 0.0278. The first-order valence-electron chi connectivity index (χ1n) is 35.7. The number of aliphatic carboxylic acids is 1. The van der Waals surface area contributed by atoms with Gasteiger partial charge in [0.25, 0.3) is 6.29 Å². The summed E-state index contributed by atoms with van der Waals surface area (Å²) in [5.41, 5.74) is 0. The lowest BCUT2D eigenvalue weighted by Crippen LogP contribution is -2.40. The molecule has 0 aromatic carbocycles. The molecule has 0 amide bonds. The molecule has 0 aromatic heterocycles. The number of nitrogens with zero attached hydrogens (tertiary/aromatic N) is 1. The monoisotopic (exact) mass is 1140 g/mol. The Bertz CT molecular complexity index is 1270. The standard InChI is InChI=1S/C71H139NO8/c1-6-8-10-12-14-16-18-20-22-24-25-26-27-28-29-30-31-32-33-34-35-36-37-38-39-40-41-42-43-44-45-46-48-50-52-54-56-58-60-62-69(74)80-67(66-79-71(70(75)76)77-64-63-72(3,4)5)65-78-68(73)61-59-57-55-53-51-49-47-23-21-19-17-15-13-11-9-7-2/h67,71H,6-66H2,1-5H3/p+1. The lowest BCUT2D eigenvalue weighted by Gasteiger charge is -2.25. The molecule has 9 heteroatoms. The molecule has 2 atom stereocenters. The Kier molecular flexibility index (Phi) is 62.0. The Morgan fingerprint density at radius 2 is 0.562 bits per heavy atom. The molecule has 0 aromatic rings. The molecule has 0 rings (SSSR count). The minimum absolute atomic E-state index is 0.172. The summed E-state index contributed by atoms with van der Waals surface area (Å²) >= 11 is 0. The number of unbranched alkanes of at least 4 members (excludes halogenated alkanes) is 53. The molecule has 0 spiro atoms. The Morgan fingerprint density at radius 1 is 0.325 bits per heavy atom. The summed E-state index contributed by atoms with van der Waals surface area (Å²) in [5, 5.41) is 9.72. The van der Waals surface area contributed by atoms with E-state index in [1.54, 1.807) is 0 Å². The average molecular weight is 1140 g/mol. The summed E-state index contributed by atoms with van der Waals surface area (Å²) in [6, 6.07) is 0. The average Bonchev–Trinajstić information content (AvgIpc) is 3.43. The number of carbonyl (C=O) groups is 3. The van der Waals surface area contributed by atoms with Crippen LogP contribution in [-0.4, -0.2) is 87.4 Å². The summed E-state index contributed by atoms with van der Waals surface area (Å²) in [4.78, 5) is 37.5.